The summed E-state index contributed by atoms with van der Waals surface area (Å²) < 4.78 is 0. The smallest absolute Gasteiger partial charge is 0.255 e. The van der Waals surface area contributed by atoms with Gasteiger partial charge in [-0.3, -0.25) is 9.59 Å². The second-order valence-electron chi connectivity index (χ2n) is 12.9. The predicted molar refractivity (Wildman–Crippen MR) is 193 cm³/mol. The molecule has 4 aromatic carbocycles. The molecule has 0 saturated heterocycles. The second-order valence-corrected chi connectivity index (χ2v) is 12.9. The summed E-state index contributed by atoms with van der Waals surface area (Å²) >= 11 is 0. The van der Waals surface area contributed by atoms with Gasteiger partial charge in [0.1, 0.15) is 5.82 Å². The molecule has 0 aliphatic heterocycles. The molecule has 1 aliphatic rings. The van der Waals surface area contributed by atoms with Crippen LogP contribution < -0.4 is 15.5 Å². The molecule has 2 atom stereocenters. The second kappa shape index (κ2) is 14.7. The van der Waals surface area contributed by atoms with E-state index in [1.807, 2.05) is 135 Å². The lowest BCUT2D eigenvalue weighted by molar-refractivity contribution is 0.0599. The third-order valence-corrected chi connectivity index (χ3v) is 9.44. The van der Waals surface area contributed by atoms with Crippen LogP contribution in [0.15, 0.2) is 109 Å². The highest BCUT2D eigenvalue weighted by Crippen LogP contribution is 2.33. The Morgan fingerprint density at radius 3 is 1.79 bits per heavy atom. The molecule has 246 valence electrons. The topological polar surface area (TPSA) is 90.5 Å². The molecule has 0 radical (unpaired) electrons. The minimum absolute atomic E-state index is 0.0103. The largest absolute Gasteiger partial charge is 0.362 e. The van der Waals surface area contributed by atoms with Gasteiger partial charge in [0.25, 0.3) is 11.8 Å². The van der Waals surface area contributed by atoms with Gasteiger partial charge in [0.05, 0.1) is 28.7 Å². The summed E-state index contributed by atoms with van der Waals surface area (Å²) in [6.45, 7) is 4.10. The highest BCUT2D eigenvalue weighted by Gasteiger charge is 2.32. The maximum absolute atomic E-state index is 14.5. The van der Waals surface area contributed by atoms with Crippen molar-refractivity contribution < 1.29 is 9.59 Å². The van der Waals surface area contributed by atoms with E-state index in [0.717, 1.165) is 53.5 Å². The Kier molecular flexibility index (Phi) is 9.99. The summed E-state index contributed by atoms with van der Waals surface area (Å²) in [7, 11) is 3.98. The van der Waals surface area contributed by atoms with Gasteiger partial charge in [0.15, 0.2) is 0 Å². The van der Waals surface area contributed by atoms with Crippen molar-refractivity contribution in [2.24, 2.45) is 0 Å². The van der Waals surface area contributed by atoms with Crippen molar-refractivity contribution in [3.8, 4) is 0 Å². The molecule has 5 aromatic rings. The lowest BCUT2D eigenvalue weighted by atomic mass is 9.90. The first kappa shape index (κ1) is 32.7. The number of nitrogens with one attached hydrogen (secondary N) is 2. The number of hydrogen-bond donors (Lipinski definition) is 2. The van der Waals surface area contributed by atoms with Gasteiger partial charge >= 0.3 is 0 Å². The molecule has 0 unspecified atom stereocenters. The predicted octanol–water partition coefficient (Wildman–Crippen LogP) is 7.81. The molecule has 1 aromatic heterocycles. The summed E-state index contributed by atoms with van der Waals surface area (Å²) in [4.78, 5) is 41.8. The van der Waals surface area contributed by atoms with Crippen LogP contribution in [0.3, 0.4) is 0 Å². The van der Waals surface area contributed by atoms with Crippen molar-refractivity contribution in [3.05, 3.63) is 131 Å². The fraction of sp³-hybridized carbons (Fsp3) is 0.300. The van der Waals surface area contributed by atoms with Gasteiger partial charge in [-0.05, 0) is 74.9 Å². The first-order valence-electron chi connectivity index (χ1n) is 16.8. The van der Waals surface area contributed by atoms with E-state index in [1.54, 1.807) is 12.1 Å². The van der Waals surface area contributed by atoms with E-state index in [2.05, 4.69) is 10.6 Å². The van der Waals surface area contributed by atoms with Crippen molar-refractivity contribution in [3.63, 3.8) is 0 Å². The van der Waals surface area contributed by atoms with Crippen LogP contribution in [-0.2, 0) is 0 Å². The van der Waals surface area contributed by atoms with Gasteiger partial charge in [-0.15, -0.1) is 0 Å². The number of para-hydroxylation sites is 1. The molecule has 1 aliphatic carbocycles. The Bertz CT molecular complexity index is 1810. The van der Waals surface area contributed by atoms with E-state index in [9.17, 15) is 9.59 Å². The Labute approximate surface area is 283 Å². The van der Waals surface area contributed by atoms with Crippen molar-refractivity contribution in [1.29, 1.82) is 0 Å². The minimum Gasteiger partial charge on any atom is -0.362 e. The average molecular weight is 641 g/mol. The quantitative estimate of drug-likeness (QED) is 0.162. The van der Waals surface area contributed by atoms with Gasteiger partial charge in [0.2, 0.25) is 5.95 Å². The number of carbonyl (C=O) groups is 2. The highest BCUT2D eigenvalue weighted by atomic mass is 16.2. The average Bonchev–Trinajstić information content (AvgIpc) is 3.12. The number of carbonyl (C=O) groups excluding carboxylic acids is 2. The Morgan fingerprint density at radius 1 is 0.667 bits per heavy atom. The molecular formula is C40H44N6O2. The molecule has 0 spiro atoms. The van der Waals surface area contributed by atoms with Gasteiger partial charge in [-0.25, -0.2) is 4.98 Å². The van der Waals surface area contributed by atoms with Crippen LogP contribution in [-0.4, -0.2) is 52.9 Å². The van der Waals surface area contributed by atoms with E-state index in [1.165, 1.54) is 0 Å². The van der Waals surface area contributed by atoms with Crippen LogP contribution in [0.25, 0.3) is 10.9 Å². The number of hydrogen-bond acceptors (Lipinski definition) is 6. The van der Waals surface area contributed by atoms with E-state index >= 15 is 0 Å². The van der Waals surface area contributed by atoms with Crippen LogP contribution in [0.5, 0.6) is 0 Å². The maximum atomic E-state index is 14.5. The third-order valence-electron chi connectivity index (χ3n) is 9.44. The lowest BCUT2D eigenvalue weighted by Gasteiger charge is -2.36. The van der Waals surface area contributed by atoms with Crippen LogP contribution in [0.2, 0.25) is 0 Å². The number of benzene rings is 4. The Balaban J connectivity index is 1.15. The zero-order chi connectivity index (χ0) is 33.6. The zero-order valence-electron chi connectivity index (χ0n) is 28.1. The molecule has 0 bridgehead atoms. The Morgan fingerprint density at radius 2 is 1.19 bits per heavy atom. The number of fused-ring (bicyclic) bond motifs is 1. The Hall–Kier alpha value is -5.24. The third kappa shape index (κ3) is 7.18. The minimum atomic E-state index is -0.219. The molecule has 8 nitrogen and oxygen atoms in total. The van der Waals surface area contributed by atoms with E-state index in [0.29, 0.717) is 17.1 Å². The van der Waals surface area contributed by atoms with Crippen LogP contribution >= 0.6 is 0 Å². The molecule has 2 N–H and O–H groups in total. The van der Waals surface area contributed by atoms with Crippen molar-refractivity contribution >= 4 is 34.5 Å². The van der Waals surface area contributed by atoms with Gasteiger partial charge in [-0.1, -0.05) is 84.9 Å². The zero-order valence-corrected chi connectivity index (χ0v) is 28.1. The number of aromatic nitrogens is 2. The number of rotatable bonds is 10. The van der Waals surface area contributed by atoms with Crippen molar-refractivity contribution in [2.45, 2.75) is 63.7 Å². The van der Waals surface area contributed by atoms with E-state index < -0.39 is 0 Å². The number of nitrogens with zero attached hydrogens (tertiary/aromatic N) is 4. The molecule has 48 heavy (non-hydrogen) atoms. The van der Waals surface area contributed by atoms with Crippen molar-refractivity contribution in [1.82, 2.24) is 20.2 Å². The summed E-state index contributed by atoms with van der Waals surface area (Å²) in [6, 6.07) is 35.1. The molecule has 2 amide bonds. The first-order valence-corrected chi connectivity index (χ1v) is 16.8. The standard InChI is InChI=1S/C40H44N6O2/c1-27(29-15-7-5-8-16-29)46(28(2)30-17-9-6-10-18-30)39(48)34-20-12-11-19-33(34)38(47)41-31-23-25-32(26-24-31)42-40-43-36-22-14-13-21-35(36)37(44-40)45(3)4/h5-22,27-28,31-32H,23-26H2,1-4H3,(H,41,47)(H,42,43,44)/t27-,28-,31?,32?/m1/s1. The molecule has 1 saturated carbocycles. The first-order chi connectivity index (χ1) is 23.3. The SMILES string of the molecule is C[C@H](c1ccccc1)N(C(=O)c1ccccc1C(=O)NC1CCC(Nc2nc(N(C)C)c3ccccc3n2)CC1)[C@H](C)c1ccccc1. The molecule has 8 heteroatoms. The van der Waals surface area contributed by atoms with Crippen LogP contribution in [0, 0.1) is 0 Å². The fourth-order valence-corrected chi connectivity index (χ4v) is 6.77. The monoisotopic (exact) mass is 640 g/mol. The summed E-state index contributed by atoms with van der Waals surface area (Å²) in [5, 5.41) is 7.81. The van der Waals surface area contributed by atoms with Gasteiger partial charge in [-0.2, -0.15) is 4.98 Å². The van der Waals surface area contributed by atoms with E-state index in [-0.39, 0.29) is 36.0 Å². The summed E-state index contributed by atoms with van der Waals surface area (Å²) in [5.41, 5.74) is 3.78. The number of amides is 2. The molecule has 1 fully saturated rings. The number of anilines is 2. The van der Waals surface area contributed by atoms with Gasteiger partial charge < -0.3 is 20.4 Å². The molecule has 6 rings (SSSR count). The summed E-state index contributed by atoms with van der Waals surface area (Å²) in [6.07, 6.45) is 3.37. The van der Waals surface area contributed by atoms with Crippen LogP contribution in [0.4, 0.5) is 11.8 Å². The lowest BCUT2D eigenvalue weighted by Crippen LogP contribution is -2.41. The summed E-state index contributed by atoms with van der Waals surface area (Å²) in [5.74, 6) is 1.11. The maximum Gasteiger partial charge on any atom is 0.255 e. The fourth-order valence-electron chi connectivity index (χ4n) is 6.77. The molecule has 1 heterocycles. The van der Waals surface area contributed by atoms with Gasteiger partial charge in [0, 0.05) is 31.6 Å². The van der Waals surface area contributed by atoms with Crippen molar-refractivity contribution in [2.75, 3.05) is 24.3 Å². The molecular weight excluding hydrogens is 596 g/mol. The van der Waals surface area contributed by atoms with E-state index in [4.69, 9.17) is 9.97 Å². The normalized spacial score (nSPS) is 17.2. The van der Waals surface area contributed by atoms with Crippen LogP contribution in [0.1, 0.15) is 83.5 Å². The highest BCUT2D eigenvalue weighted by molar-refractivity contribution is 6.07.